The van der Waals surface area contributed by atoms with Gasteiger partial charge in [0.2, 0.25) is 0 Å². The number of alkyl halides is 5. The van der Waals surface area contributed by atoms with Crippen molar-refractivity contribution in [2.24, 2.45) is 23.2 Å². The first-order chi connectivity index (χ1) is 30.8. The van der Waals surface area contributed by atoms with E-state index in [2.05, 4.69) is 19.9 Å². The molecule has 0 heterocycles. The maximum Gasteiger partial charge on any atom is 0.453 e. The van der Waals surface area contributed by atoms with Crippen LogP contribution in [0.2, 0.25) is 0 Å². The van der Waals surface area contributed by atoms with Crippen LogP contribution in [0, 0.1) is 23.2 Å². The van der Waals surface area contributed by atoms with Crippen LogP contribution >= 0.6 is 0 Å². The van der Waals surface area contributed by atoms with Gasteiger partial charge < -0.3 is 14.4 Å². The van der Waals surface area contributed by atoms with E-state index in [1.165, 1.54) is 120 Å². The second-order valence-corrected chi connectivity index (χ2v) is 22.5. The van der Waals surface area contributed by atoms with Gasteiger partial charge in [0.15, 0.2) is 0 Å². The smallest absolute Gasteiger partial charge is 0.453 e. The van der Waals surface area contributed by atoms with E-state index in [-0.39, 0.29) is 23.2 Å². The maximum absolute atomic E-state index is 13.2. The Labute approximate surface area is 389 Å². The van der Waals surface area contributed by atoms with Crippen molar-refractivity contribution < 1.29 is 41.1 Å². The summed E-state index contributed by atoms with van der Waals surface area (Å²) in [5.41, 5.74) is 2.70. The molecule has 0 amide bonds. The molecule has 4 rings (SSSR count). The second-order valence-electron chi connectivity index (χ2n) is 20.8. The zero-order valence-electron chi connectivity index (χ0n) is 40.3. The summed E-state index contributed by atoms with van der Waals surface area (Å²) in [6, 6.07) is 5.99. The number of benzene rings is 1. The van der Waals surface area contributed by atoms with Gasteiger partial charge in [-0.3, -0.25) is 4.79 Å². The van der Waals surface area contributed by atoms with E-state index < -0.39 is 36.1 Å². The van der Waals surface area contributed by atoms with Gasteiger partial charge in [0, 0.05) is 18.3 Å². The third-order valence-electron chi connectivity index (χ3n) is 15.8. The van der Waals surface area contributed by atoms with Crippen molar-refractivity contribution in [3.05, 3.63) is 29.3 Å². The number of hydrogen-bond donors (Lipinski definition) is 1. The number of halogens is 5. The van der Waals surface area contributed by atoms with E-state index in [9.17, 15) is 36.4 Å². The van der Waals surface area contributed by atoms with Crippen LogP contribution in [0.15, 0.2) is 18.2 Å². The Balaban J connectivity index is 1.08. The number of ether oxygens (including phenoxy) is 1. The van der Waals surface area contributed by atoms with Crippen LogP contribution < -0.4 is 0 Å². The molecule has 1 aromatic rings. The highest BCUT2D eigenvalue weighted by molar-refractivity contribution is 7.91. The van der Waals surface area contributed by atoms with Crippen molar-refractivity contribution in [1.82, 2.24) is 0 Å². The number of hydrogen-bond acceptors (Lipinski definition) is 4. The number of carbonyl (C=O) groups excluding carboxylic acids is 1. The minimum absolute atomic E-state index is 0.00509. The molecule has 7 unspecified atom stereocenters. The maximum atomic E-state index is 13.2. The standard InChI is InChI=1S/C54H89F5O4S/c1-3-4-5-6-7-8-9-10-11-12-13-14-15-16-17-18-21-24-27-31-50(61)63-49-35-34-48-51-43(41-44-42-45(60)32-33-46(44)47(51)36-38-52(48,49)2)30-26-23-20-19-22-25-28-39-64(62)40-29-37-53(55,56)54(57,58)59/h32-33,42-43,47-49,51,60H,3-31,34-41H2,1-2H3. The Kier molecular flexibility index (Phi) is 25.3. The summed E-state index contributed by atoms with van der Waals surface area (Å²) in [6.45, 7) is 4.69. The molecule has 3 aliphatic rings. The van der Waals surface area contributed by atoms with Gasteiger partial charge in [0.25, 0.3) is 0 Å². The largest absolute Gasteiger partial charge is 0.616 e. The highest BCUT2D eigenvalue weighted by atomic mass is 32.2. The highest BCUT2D eigenvalue weighted by Crippen LogP contribution is 2.63. The average Bonchev–Trinajstić information content (AvgIpc) is 3.58. The monoisotopic (exact) mass is 929 g/mol. The number of unbranched alkanes of at least 4 members (excludes halogenated alkanes) is 24. The molecule has 2 fully saturated rings. The van der Waals surface area contributed by atoms with Gasteiger partial charge in [-0.05, 0) is 111 Å². The van der Waals surface area contributed by atoms with Crippen LogP contribution in [-0.2, 0) is 27.1 Å². The number of esters is 1. The molecule has 1 N–H and O–H groups in total. The summed E-state index contributed by atoms with van der Waals surface area (Å²) in [7, 11) is 0. The Morgan fingerprint density at radius 2 is 1.23 bits per heavy atom. The molecule has 0 aromatic heterocycles. The van der Waals surface area contributed by atoms with E-state index in [0.717, 1.165) is 89.9 Å². The molecule has 0 saturated heterocycles. The SMILES string of the molecule is CCCCCCCCCCCCCCCCCCCCCC(=O)OC1CCC2C3C(CCCCCCCCC[S+]([O-])CCCC(F)(F)C(F)(F)F)Cc4cc(O)ccc4C3CCC12C. The first kappa shape index (κ1) is 55.0. The normalized spacial score (nSPS) is 23.7. The van der Waals surface area contributed by atoms with Crippen LogP contribution in [0.4, 0.5) is 22.0 Å². The molecular formula is C54H89F5O4S. The Morgan fingerprint density at radius 3 is 1.80 bits per heavy atom. The lowest BCUT2D eigenvalue weighted by molar-refractivity contribution is -0.284. The zero-order valence-corrected chi connectivity index (χ0v) is 41.1. The second kappa shape index (κ2) is 29.4. The third kappa shape index (κ3) is 18.5. The lowest BCUT2D eigenvalue weighted by atomic mass is 9.52. The number of phenols is 1. The van der Waals surface area contributed by atoms with Crippen LogP contribution in [0.25, 0.3) is 0 Å². The van der Waals surface area contributed by atoms with Gasteiger partial charge in [-0.25, -0.2) is 0 Å². The predicted octanol–water partition coefficient (Wildman–Crippen LogP) is 17.1. The van der Waals surface area contributed by atoms with Crippen molar-refractivity contribution in [2.45, 2.75) is 263 Å². The molecule has 1 aromatic carbocycles. The number of aromatic hydroxyl groups is 1. The Morgan fingerprint density at radius 1 is 0.719 bits per heavy atom. The summed E-state index contributed by atoms with van der Waals surface area (Å²) < 4.78 is 81.8. The fraction of sp³-hybridized carbons (Fsp3) is 0.870. The van der Waals surface area contributed by atoms with Gasteiger partial charge in [-0.15, -0.1) is 0 Å². The molecule has 0 aliphatic heterocycles. The molecule has 4 nitrogen and oxygen atoms in total. The van der Waals surface area contributed by atoms with Crippen molar-refractivity contribution >= 4 is 17.1 Å². The van der Waals surface area contributed by atoms with Gasteiger partial charge >= 0.3 is 18.1 Å². The quantitative estimate of drug-likeness (QED) is 0.0319. The number of phenolic OH excluding ortho intramolecular Hbond substituents is 1. The lowest BCUT2D eigenvalue weighted by Gasteiger charge is -2.53. The van der Waals surface area contributed by atoms with Gasteiger partial charge in [0.05, 0.1) is 0 Å². The number of fused-ring (bicyclic) bond motifs is 5. The molecule has 370 valence electrons. The molecule has 10 heteroatoms. The first-order valence-electron chi connectivity index (χ1n) is 26.6. The predicted molar refractivity (Wildman–Crippen MR) is 255 cm³/mol. The summed E-state index contributed by atoms with van der Waals surface area (Å²) >= 11 is -1.37. The Hall–Kier alpha value is -1.55. The Bertz CT molecular complexity index is 1420. The average molecular weight is 929 g/mol. The zero-order chi connectivity index (χ0) is 46.3. The molecule has 0 bridgehead atoms. The van der Waals surface area contributed by atoms with E-state index in [1.807, 2.05) is 12.1 Å². The number of rotatable bonds is 35. The molecule has 0 radical (unpaired) electrons. The van der Waals surface area contributed by atoms with Crippen molar-refractivity contribution in [1.29, 1.82) is 0 Å². The topological polar surface area (TPSA) is 69.6 Å². The fourth-order valence-electron chi connectivity index (χ4n) is 12.0. The minimum atomic E-state index is -5.55. The molecule has 2 saturated carbocycles. The summed E-state index contributed by atoms with van der Waals surface area (Å²) in [4.78, 5) is 13.2. The molecule has 0 spiro atoms. The van der Waals surface area contributed by atoms with Crippen LogP contribution in [0.3, 0.4) is 0 Å². The van der Waals surface area contributed by atoms with Crippen LogP contribution in [0.1, 0.15) is 249 Å². The molecular weight excluding hydrogens is 840 g/mol. The summed E-state index contributed by atoms with van der Waals surface area (Å²) in [5, 5.41) is 10.4. The van der Waals surface area contributed by atoms with E-state index in [4.69, 9.17) is 4.74 Å². The summed E-state index contributed by atoms with van der Waals surface area (Å²) in [5.74, 6) is -2.13. The fourth-order valence-corrected chi connectivity index (χ4v) is 13.2. The van der Waals surface area contributed by atoms with Crippen molar-refractivity contribution in [3.8, 4) is 5.75 Å². The van der Waals surface area contributed by atoms with Crippen molar-refractivity contribution in [2.75, 3.05) is 11.5 Å². The van der Waals surface area contributed by atoms with E-state index >= 15 is 0 Å². The third-order valence-corrected chi connectivity index (χ3v) is 17.3. The van der Waals surface area contributed by atoms with E-state index in [0.29, 0.717) is 48.0 Å². The van der Waals surface area contributed by atoms with Crippen molar-refractivity contribution in [3.63, 3.8) is 0 Å². The van der Waals surface area contributed by atoms with Gasteiger partial charge in [-0.2, -0.15) is 22.0 Å². The van der Waals surface area contributed by atoms with E-state index in [1.54, 1.807) is 0 Å². The molecule has 3 aliphatic carbocycles. The van der Waals surface area contributed by atoms with Crippen LogP contribution in [0.5, 0.6) is 5.75 Å². The van der Waals surface area contributed by atoms with Gasteiger partial charge in [0.1, 0.15) is 23.4 Å². The summed E-state index contributed by atoms with van der Waals surface area (Å²) in [6.07, 6.45) is 31.9. The lowest BCUT2D eigenvalue weighted by Crippen LogP contribution is -2.48. The van der Waals surface area contributed by atoms with Gasteiger partial charge in [-0.1, -0.05) is 179 Å². The first-order valence-corrected chi connectivity index (χ1v) is 28.1. The van der Waals surface area contributed by atoms with Crippen LogP contribution in [-0.4, -0.2) is 45.3 Å². The highest BCUT2D eigenvalue weighted by Gasteiger charge is 2.58. The molecule has 7 atom stereocenters. The minimum Gasteiger partial charge on any atom is -0.616 e. The molecule has 64 heavy (non-hydrogen) atoms. The number of carbonyl (C=O) groups is 1.